The quantitative estimate of drug-likeness (QED) is 0.264. The predicted octanol–water partition coefficient (Wildman–Crippen LogP) is 6.71. The largest absolute Gasteiger partial charge is 0.396 e. The molecule has 0 atom stereocenters. The number of nitrogen functional groups attached to an aromatic ring is 1. The Hall–Kier alpha value is -4.55. The molecule has 6 aromatic rings. The third kappa shape index (κ3) is 3.74. The van der Waals surface area contributed by atoms with Crippen molar-refractivity contribution in [1.82, 2.24) is 19.5 Å². The van der Waals surface area contributed by atoms with Gasteiger partial charge in [0.15, 0.2) is 11.5 Å². The Morgan fingerprint density at radius 2 is 1.30 bits per heavy atom. The van der Waals surface area contributed by atoms with Crippen LogP contribution >= 0.6 is 11.6 Å². The van der Waals surface area contributed by atoms with Gasteiger partial charge in [-0.1, -0.05) is 103 Å². The molecule has 2 N–H and O–H groups in total. The highest BCUT2D eigenvalue weighted by molar-refractivity contribution is 6.29. The van der Waals surface area contributed by atoms with Crippen molar-refractivity contribution in [3.8, 4) is 11.3 Å². The van der Waals surface area contributed by atoms with Gasteiger partial charge in [-0.25, -0.2) is 14.4 Å². The Kier molecular flexibility index (Phi) is 5.66. The van der Waals surface area contributed by atoms with Crippen LogP contribution in [0.4, 0.5) is 10.1 Å². The van der Waals surface area contributed by atoms with Crippen LogP contribution in [0, 0.1) is 5.82 Å². The number of fused-ring (bicyclic) bond motifs is 1. The number of halogens is 2. The zero-order valence-electron chi connectivity index (χ0n) is 19.6. The minimum absolute atomic E-state index is 0.00123. The number of nitrogens with zero attached hydrogens (tertiary/aromatic N) is 4. The molecule has 0 aliphatic heterocycles. The molecule has 7 heteroatoms. The molecule has 180 valence electrons. The molecule has 0 fully saturated rings. The van der Waals surface area contributed by atoms with Gasteiger partial charge in [0.05, 0.1) is 23.8 Å². The van der Waals surface area contributed by atoms with E-state index in [9.17, 15) is 4.39 Å². The van der Waals surface area contributed by atoms with Crippen LogP contribution in [0.1, 0.15) is 16.7 Å². The third-order valence-corrected chi connectivity index (χ3v) is 6.74. The highest BCUT2D eigenvalue weighted by Gasteiger charge is 2.40. The van der Waals surface area contributed by atoms with Crippen LogP contribution in [0.5, 0.6) is 0 Å². The topological polar surface area (TPSA) is 69.6 Å². The number of anilines is 1. The van der Waals surface area contributed by atoms with Gasteiger partial charge >= 0.3 is 0 Å². The van der Waals surface area contributed by atoms with Crippen LogP contribution in [-0.4, -0.2) is 19.5 Å². The summed E-state index contributed by atoms with van der Waals surface area (Å²) in [7, 11) is 0. The Bertz CT molecular complexity index is 1610. The zero-order valence-corrected chi connectivity index (χ0v) is 20.3. The van der Waals surface area contributed by atoms with Crippen LogP contribution < -0.4 is 5.73 Å². The van der Waals surface area contributed by atoms with Crippen molar-refractivity contribution in [2.45, 2.75) is 5.54 Å². The van der Waals surface area contributed by atoms with Gasteiger partial charge in [-0.2, -0.15) is 0 Å². The molecular formula is C30H21ClFN5. The fourth-order valence-corrected chi connectivity index (χ4v) is 5.10. The average Bonchev–Trinajstić information content (AvgIpc) is 3.31. The van der Waals surface area contributed by atoms with Crippen molar-refractivity contribution < 1.29 is 4.39 Å². The Labute approximate surface area is 218 Å². The highest BCUT2D eigenvalue weighted by Crippen LogP contribution is 2.44. The van der Waals surface area contributed by atoms with E-state index in [-0.39, 0.29) is 10.8 Å². The first-order valence-corrected chi connectivity index (χ1v) is 12.1. The second-order valence-corrected chi connectivity index (χ2v) is 9.06. The smallest absolute Gasteiger partial charge is 0.164 e. The van der Waals surface area contributed by atoms with E-state index in [0.29, 0.717) is 22.4 Å². The maximum Gasteiger partial charge on any atom is 0.164 e. The molecule has 0 saturated carbocycles. The SMILES string of the molecule is Nc1cc(-c2cn(C(c3ccccc3)(c3ccccc3)c3ccccc3)c3ncc(Cl)nc23)ncc1F. The summed E-state index contributed by atoms with van der Waals surface area (Å²) in [6.07, 6.45) is 4.60. The lowest BCUT2D eigenvalue weighted by molar-refractivity contribution is 0.530. The van der Waals surface area contributed by atoms with Crippen LogP contribution in [-0.2, 0) is 5.54 Å². The number of benzene rings is 3. The van der Waals surface area contributed by atoms with Crippen molar-refractivity contribution in [1.29, 1.82) is 0 Å². The monoisotopic (exact) mass is 505 g/mol. The first kappa shape index (κ1) is 22.9. The Morgan fingerprint density at radius 3 is 1.81 bits per heavy atom. The van der Waals surface area contributed by atoms with Gasteiger partial charge in [-0.05, 0) is 22.8 Å². The van der Waals surface area contributed by atoms with Crippen molar-refractivity contribution in [2.75, 3.05) is 5.73 Å². The lowest BCUT2D eigenvalue weighted by atomic mass is 9.76. The minimum atomic E-state index is -0.825. The second-order valence-electron chi connectivity index (χ2n) is 8.68. The number of nitrogens with two attached hydrogens (primary N) is 1. The lowest BCUT2D eigenvalue weighted by Gasteiger charge is -2.38. The molecule has 37 heavy (non-hydrogen) atoms. The van der Waals surface area contributed by atoms with Crippen LogP contribution in [0.3, 0.4) is 0 Å². The van der Waals surface area contributed by atoms with Gasteiger partial charge in [0.25, 0.3) is 0 Å². The van der Waals surface area contributed by atoms with E-state index in [4.69, 9.17) is 22.3 Å². The maximum absolute atomic E-state index is 14.0. The fourth-order valence-electron chi connectivity index (χ4n) is 4.97. The summed E-state index contributed by atoms with van der Waals surface area (Å²) in [5.74, 6) is -0.580. The van der Waals surface area contributed by atoms with Gasteiger partial charge in [-0.3, -0.25) is 4.98 Å². The van der Waals surface area contributed by atoms with Crippen LogP contribution in [0.2, 0.25) is 5.15 Å². The average molecular weight is 506 g/mol. The number of aromatic nitrogens is 4. The molecule has 5 nitrogen and oxygen atoms in total. The maximum atomic E-state index is 14.0. The van der Waals surface area contributed by atoms with E-state index in [1.54, 1.807) is 0 Å². The summed E-state index contributed by atoms with van der Waals surface area (Å²) in [4.78, 5) is 13.7. The molecule has 3 aromatic heterocycles. The van der Waals surface area contributed by atoms with E-state index in [2.05, 4.69) is 50.9 Å². The van der Waals surface area contributed by atoms with Gasteiger partial charge in [0.2, 0.25) is 0 Å². The zero-order chi connectivity index (χ0) is 25.4. The molecule has 0 aliphatic rings. The number of hydrogen-bond donors (Lipinski definition) is 1. The van der Waals surface area contributed by atoms with Gasteiger partial charge < -0.3 is 10.3 Å². The third-order valence-electron chi connectivity index (χ3n) is 6.56. The number of pyridine rings is 1. The van der Waals surface area contributed by atoms with Crippen LogP contribution in [0.25, 0.3) is 22.4 Å². The first-order chi connectivity index (χ1) is 18.1. The number of rotatable bonds is 5. The van der Waals surface area contributed by atoms with E-state index >= 15 is 0 Å². The summed E-state index contributed by atoms with van der Waals surface area (Å²) in [5, 5.41) is 0.242. The Morgan fingerprint density at radius 1 is 0.757 bits per heavy atom. The predicted molar refractivity (Wildman–Crippen MR) is 145 cm³/mol. The fraction of sp³-hybridized carbons (Fsp3) is 0.0333. The van der Waals surface area contributed by atoms with E-state index in [1.807, 2.05) is 60.8 Å². The molecule has 0 saturated heterocycles. The molecule has 3 heterocycles. The molecule has 3 aromatic carbocycles. The van der Waals surface area contributed by atoms with Gasteiger partial charge in [0.1, 0.15) is 16.2 Å². The van der Waals surface area contributed by atoms with E-state index in [0.717, 1.165) is 22.9 Å². The number of hydrogen-bond acceptors (Lipinski definition) is 4. The molecule has 0 bridgehead atoms. The van der Waals surface area contributed by atoms with Crippen molar-refractivity contribution in [3.05, 3.63) is 143 Å². The molecular weight excluding hydrogens is 485 g/mol. The molecule has 0 spiro atoms. The second kappa shape index (κ2) is 9.15. The van der Waals surface area contributed by atoms with Gasteiger partial charge in [0, 0.05) is 11.8 Å². The minimum Gasteiger partial charge on any atom is -0.396 e. The molecule has 0 radical (unpaired) electrons. The first-order valence-electron chi connectivity index (χ1n) is 11.7. The normalized spacial score (nSPS) is 11.6. The Balaban J connectivity index is 1.79. The van der Waals surface area contributed by atoms with Gasteiger partial charge in [-0.15, -0.1) is 0 Å². The molecule has 0 unspecified atom stereocenters. The summed E-state index contributed by atoms with van der Waals surface area (Å²) in [5.41, 5.74) is 10.4. The highest BCUT2D eigenvalue weighted by atomic mass is 35.5. The summed E-state index contributed by atoms with van der Waals surface area (Å²) >= 11 is 6.32. The molecule has 6 rings (SSSR count). The summed E-state index contributed by atoms with van der Waals surface area (Å²) < 4.78 is 16.1. The van der Waals surface area contributed by atoms with Crippen molar-refractivity contribution in [2.24, 2.45) is 0 Å². The summed E-state index contributed by atoms with van der Waals surface area (Å²) in [6, 6.07) is 32.2. The van der Waals surface area contributed by atoms with Crippen molar-refractivity contribution >= 4 is 28.5 Å². The molecule has 0 aliphatic carbocycles. The van der Waals surface area contributed by atoms with E-state index in [1.165, 1.54) is 12.3 Å². The summed E-state index contributed by atoms with van der Waals surface area (Å²) in [6.45, 7) is 0. The van der Waals surface area contributed by atoms with Crippen molar-refractivity contribution in [3.63, 3.8) is 0 Å². The molecule has 0 amide bonds. The van der Waals surface area contributed by atoms with E-state index < -0.39 is 11.4 Å². The van der Waals surface area contributed by atoms with Crippen LogP contribution in [0.15, 0.2) is 116 Å². The lowest BCUT2D eigenvalue weighted by Crippen LogP contribution is -2.37. The standard InChI is InChI=1S/C30H21ClFN5/c31-27-18-35-29-28(36-27)23(26-16-25(33)24(32)17-34-26)19-37(29)30(20-10-4-1-5-11-20,21-12-6-2-7-13-21)22-14-8-3-9-15-22/h1-19H,(H2,33,34).